The number of rotatable bonds is 6. The zero-order valence-electron chi connectivity index (χ0n) is 19.4. The smallest absolute Gasteiger partial charge is 0.275 e. The number of methoxy groups -OCH3 is 1. The van der Waals surface area contributed by atoms with Gasteiger partial charge in [-0.3, -0.25) is 19.2 Å². The molecule has 182 valence electrons. The molecule has 2 aliphatic rings. The Kier molecular flexibility index (Phi) is 7.01. The Morgan fingerprint density at radius 3 is 2.37 bits per heavy atom. The summed E-state index contributed by atoms with van der Waals surface area (Å²) in [6.07, 6.45) is 4.15. The fraction of sp³-hybridized carbons (Fsp3) is 0.308. The second kappa shape index (κ2) is 9.84. The topological polar surface area (TPSA) is 84.0 Å². The molecule has 9 heteroatoms. The van der Waals surface area contributed by atoms with Crippen LogP contribution in [0.1, 0.15) is 41.0 Å². The zero-order valence-corrected chi connectivity index (χ0v) is 20.9. The molecule has 7 nitrogen and oxygen atoms in total. The van der Waals surface area contributed by atoms with Crippen LogP contribution in [-0.4, -0.2) is 46.7 Å². The van der Waals surface area contributed by atoms with E-state index in [4.69, 9.17) is 27.9 Å². The van der Waals surface area contributed by atoms with Crippen LogP contribution in [0.15, 0.2) is 54.6 Å². The summed E-state index contributed by atoms with van der Waals surface area (Å²) in [6, 6.07) is 9.47. The second-order valence-electron chi connectivity index (χ2n) is 8.69. The van der Waals surface area contributed by atoms with E-state index in [9.17, 15) is 19.2 Å². The van der Waals surface area contributed by atoms with Crippen LogP contribution in [-0.2, 0) is 9.59 Å². The molecule has 0 saturated carbocycles. The molecule has 2 aromatic carbocycles. The van der Waals surface area contributed by atoms with Gasteiger partial charge in [0.05, 0.1) is 29.5 Å². The van der Waals surface area contributed by atoms with Crippen molar-refractivity contribution in [3.05, 3.63) is 75.8 Å². The number of allylic oxidation sites excluding steroid dienone is 2. The molecular formula is C26H24Cl2N2O5. The van der Waals surface area contributed by atoms with Crippen LogP contribution in [0.4, 0.5) is 0 Å². The summed E-state index contributed by atoms with van der Waals surface area (Å²) >= 11 is 12.3. The van der Waals surface area contributed by atoms with Crippen LogP contribution in [0, 0.1) is 17.8 Å². The molecule has 0 spiro atoms. The molecule has 0 unspecified atom stereocenters. The Bertz CT molecular complexity index is 1230. The number of carbonyl (C=O) groups is 4. The van der Waals surface area contributed by atoms with Gasteiger partial charge in [0.15, 0.2) is 5.78 Å². The van der Waals surface area contributed by atoms with E-state index in [1.165, 1.54) is 32.2 Å². The van der Waals surface area contributed by atoms with Crippen LogP contribution in [0.3, 0.4) is 0 Å². The van der Waals surface area contributed by atoms with Crippen molar-refractivity contribution in [1.29, 1.82) is 0 Å². The van der Waals surface area contributed by atoms with Crippen molar-refractivity contribution in [2.45, 2.75) is 26.3 Å². The van der Waals surface area contributed by atoms with Gasteiger partial charge in [-0.15, -0.1) is 0 Å². The van der Waals surface area contributed by atoms with Crippen molar-refractivity contribution in [1.82, 2.24) is 10.0 Å². The van der Waals surface area contributed by atoms with Crippen LogP contribution in [0.2, 0.25) is 10.0 Å². The molecule has 1 saturated heterocycles. The van der Waals surface area contributed by atoms with E-state index in [0.29, 0.717) is 22.8 Å². The van der Waals surface area contributed by atoms with E-state index in [2.05, 4.69) is 0 Å². The maximum absolute atomic E-state index is 13.8. The van der Waals surface area contributed by atoms with Gasteiger partial charge in [0.2, 0.25) is 0 Å². The van der Waals surface area contributed by atoms with Gasteiger partial charge in [0.1, 0.15) is 11.8 Å². The van der Waals surface area contributed by atoms with Gasteiger partial charge in [-0.1, -0.05) is 42.3 Å². The number of amides is 3. The number of ketones is 1. The van der Waals surface area contributed by atoms with Crippen molar-refractivity contribution in [3.63, 3.8) is 0 Å². The van der Waals surface area contributed by atoms with E-state index >= 15 is 0 Å². The van der Waals surface area contributed by atoms with Gasteiger partial charge >= 0.3 is 0 Å². The number of hydrogen-bond donors (Lipinski definition) is 0. The Hall–Kier alpha value is -3.16. The lowest BCUT2D eigenvalue weighted by Crippen LogP contribution is -2.56. The van der Waals surface area contributed by atoms with Gasteiger partial charge in [0.25, 0.3) is 17.7 Å². The van der Waals surface area contributed by atoms with Gasteiger partial charge in [-0.25, -0.2) is 5.01 Å². The van der Waals surface area contributed by atoms with E-state index in [-0.39, 0.29) is 16.5 Å². The summed E-state index contributed by atoms with van der Waals surface area (Å²) < 4.78 is 5.14. The van der Waals surface area contributed by atoms with Gasteiger partial charge in [-0.05, 0) is 61.7 Å². The third-order valence-corrected chi connectivity index (χ3v) is 7.10. The Labute approximate surface area is 213 Å². The second-order valence-corrected chi connectivity index (χ2v) is 9.53. The van der Waals surface area contributed by atoms with Crippen molar-refractivity contribution < 1.29 is 23.9 Å². The highest BCUT2D eigenvalue weighted by Crippen LogP contribution is 2.40. The van der Waals surface area contributed by atoms with Crippen molar-refractivity contribution >= 4 is 46.7 Å². The average Bonchev–Trinajstić information content (AvgIpc) is 3.09. The van der Waals surface area contributed by atoms with Crippen LogP contribution < -0.4 is 4.74 Å². The number of benzene rings is 2. The number of fused-ring (bicyclic) bond motifs is 1. The van der Waals surface area contributed by atoms with Crippen molar-refractivity contribution in [2.24, 2.45) is 17.8 Å². The fourth-order valence-electron chi connectivity index (χ4n) is 4.68. The molecule has 1 aliphatic heterocycles. The molecule has 2 aromatic rings. The number of imide groups is 1. The van der Waals surface area contributed by atoms with Gasteiger partial charge < -0.3 is 4.74 Å². The first kappa shape index (κ1) is 24.9. The van der Waals surface area contributed by atoms with Crippen LogP contribution in [0.5, 0.6) is 5.75 Å². The third kappa shape index (κ3) is 4.46. The van der Waals surface area contributed by atoms with E-state index < -0.39 is 41.4 Å². The summed E-state index contributed by atoms with van der Waals surface area (Å²) in [5.41, 5.74) is 0.317. The van der Waals surface area contributed by atoms with E-state index in [1.54, 1.807) is 24.3 Å². The largest absolute Gasteiger partial charge is 0.497 e. The van der Waals surface area contributed by atoms with Gasteiger partial charge in [0, 0.05) is 10.6 Å². The summed E-state index contributed by atoms with van der Waals surface area (Å²) in [7, 11) is 1.51. The molecule has 1 heterocycles. The quantitative estimate of drug-likeness (QED) is 0.313. The van der Waals surface area contributed by atoms with Gasteiger partial charge in [-0.2, -0.15) is 5.01 Å². The number of Topliss-reactive ketones (excluding diaryl/α,β-unsaturated/α-hetero) is 1. The number of carbonyl (C=O) groups excluding carboxylic acids is 4. The summed E-state index contributed by atoms with van der Waals surface area (Å²) in [6.45, 7) is 3.34. The molecule has 1 aliphatic carbocycles. The van der Waals surface area contributed by atoms with Crippen LogP contribution >= 0.6 is 23.2 Å². The number of ether oxygens (including phenoxy) is 1. The molecular weight excluding hydrogens is 491 g/mol. The standard InChI is InChI=1S/C26H24Cl2N2O5/c1-14-5-4-6-20-22(14)26(34)30(25(20)33)29(24(32)19-12-9-17(27)13-21(19)28)15(2)23(31)16-7-10-18(35-3)11-8-16/h4-5,7-15,20,22H,6H2,1-3H3/t14-,15+,20-,22-/m1/s1. The zero-order chi connectivity index (χ0) is 25.4. The number of hydrazine groups is 1. The fourth-order valence-corrected chi connectivity index (χ4v) is 5.17. The molecule has 0 bridgehead atoms. The monoisotopic (exact) mass is 514 g/mol. The molecule has 1 fully saturated rings. The summed E-state index contributed by atoms with van der Waals surface area (Å²) in [5, 5.41) is 2.15. The molecule has 3 amide bonds. The lowest BCUT2D eigenvalue weighted by molar-refractivity contribution is -0.156. The molecule has 4 rings (SSSR count). The highest BCUT2D eigenvalue weighted by atomic mass is 35.5. The first-order chi connectivity index (χ1) is 16.6. The maximum Gasteiger partial charge on any atom is 0.275 e. The van der Waals surface area contributed by atoms with Crippen molar-refractivity contribution in [3.8, 4) is 5.75 Å². The minimum Gasteiger partial charge on any atom is -0.497 e. The molecule has 0 N–H and O–H groups in total. The summed E-state index contributed by atoms with van der Waals surface area (Å²) in [5.74, 6) is -3.04. The Morgan fingerprint density at radius 2 is 1.77 bits per heavy atom. The lowest BCUT2D eigenvalue weighted by Gasteiger charge is -2.35. The highest BCUT2D eigenvalue weighted by molar-refractivity contribution is 6.36. The first-order valence-electron chi connectivity index (χ1n) is 11.2. The SMILES string of the molecule is COc1ccc(C(=O)[C@H](C)N(C(=O)c2ccc(Cl)cc2Cl)N2C(=O)[C@@H]3[C@H](C)C=CC[C@H]3C2=O)cc1. The maximum atomic E-state index is 13.8. The minimum atomic E-state index is -1.18. The number of nitrogens with zero attached hydrogens (tertiary/aromatic N) is 2. The first-order valence-corrected chi connectivity index (χ1v) is 11.9. The molecule has 0 radical (unpaired) electrons. The number of halogens is 2. The van der Waals surface area contributed by atoms with Crippen molar-refractivity contribution in [2.75, 3.05) is 7.11 Å². The lowest BCUT2D eigenvalue weighted by atomic mass is 9.78. The van der Waals surface area contributed by atoms with Crippen LogP contribution in [0.25, 0.3) is 0 Å². The predicted molar refractivity (Wildman–Crippen MR) is 131 cm³/mol. The van der Waals surface area contributed by atoms with E-state index in [0.717, 1.165) is 10.0 Å². The van der Waals surface area contributed by atoms with E-state index in [1.807, 2.05) is 19.1 Å². The summed E-state index contributed by atoms with van der Waals surface area (Å²) in [4.78, 5) is 54.2. The predicted octanol–water partition coefficient (Wildman–Crippen LogP) is 4.83. The molecule has 35 heavy (non-hydrogen) atoms. The Morgan fingerprint density at radius 1 is 1.09 bits per heavy atom. The Balaban J connectivity index is 1.77. The normalized spacial score (nSPS) is 22.1. The minimum absolute atomic E-state index is 0.0205. The molecule has 0 aromatic heterocycles. The number of hydrogen-bond acceptors (Lipinski definition) is 5. The highest BCUT2D eigenvalue weighted by Gasteiger charge is 2.54. The average molecular weight is 515 g/mol. The molecule has 4 atom stereocenters. The third-order valence-electron chi connectivity index (χ3n) is 6.56.